The lowest BCUT2D eigenvalue weighted by atomic mass is 9.97. The van der Waals surface area contributed by atoms with Gasteiger partial charge in [-0.1, -0.05) is 24.3 Å². The molecule has 4 nitrogen and oxygen atoms in total. The van der Waals surface area contributed by atoms with E-state index in [1.807, 2.05) is 6.20 Å². The summed E-state index contributed by atoms with van der Waals surface area (Å²) in [4.78, 5) is 13.1. The predicted molar refractivity (Wildman–Crippen MR) is 138 cm³/mol. The van der Waals surface area contributed by atoms with Crippen LogP contribution in [0.4, 0.5) is 5.69 Å². The van der Waals surface area contributed by atoms with Gasteiger partial charge >= 0.3 is 0 Å². The lowest BCUT2D eigenvalue weighted by Gasteiger charge is -2.36. The number of likely N-dealkylation sites (N-methyl/N-ethyl adjacent to an activating group) is 1. The van der Waals surface area contributed by atoms with Crippen molar-refractivity contribution in [3.05, 3.63) is 71.5 Å². The van der Waals surface area contributed by atoms with Crippen LogP contribution in [0, 0.1) is 13.8 Å². The summed E-state index contributed by atoms with van der Waals surface area (Å²) in [5.41, 5.74) is 11.4. The average Bonchev–Trinajstić information content (AvgIpc) is 3.59. The Morgan fingerprint density at radius 2 is 1.55 bits per heavy atom. The summed E-state index contributed by atoms with van der Waals surface area (Å²) in [6.07, 6.45) is 6.78. The summed E-state index contributed by atoms with van der Waals surface area (Å²) >= 11 is 0. The van der Waals surface area contributed by atoms with Gasteiger partial charge in [-0.3, -0.25) is 0 Å². The fourth-order valence-corrected chi connectivity index (χ4v) is 5.40. The van der Waals surface area contributed by atoms with Crippen molar-refractivity contribution in [2.75, 3.05) is 38.1 Å². The van der Waals surface area contributed by atoms with Crippen LogP contribution in [0.25, 0.3) is 33.3 Å². The maximum absolute atomic E-state index is 4.77. The van der Waals surface area contributed by atoms with Gasteiger partial charge in [-0.25, -0.2) is 4.98 Å². The average molecular weight is 437 g/mol. The van der Waals surface area contributed by atoms with E-state index in [2.05, 4.69) is 84.3 Å². The predicted octanol–water partition coefficient (Wildman–Crippen LogP) is 6.14. The highest BCUT2D eigenvalue weighted by molar-refractivity contribution is 5.96. The van der Waals surface area contributed by atoms with Crippen molar-refractivity contribution in [3.63, 3.8) is 0 Å². The van der Waals surface area contributed by atoms with Crippen LogP contribution < -0.4 is 4.90 Å². The highest BCUT2D eigenvalue weighted by Crippen LogP contribution is 2.41. The minimum Gasteiger partial charge on any atom is -0.369 e. The number of benzene rings is 2. The van der Waals surface area contributed by atoms with Crippen molar-refractivity contribution in [3.8, 4) is 22.3 Å². The molecule has 0 amide bonds. The van der Waals surface area contributed by atoms with Crippen LogP contribution in [0.1, 0.15) is 35.4 Å². The summed E-state index contributed by atoms with van der Waals surface area (Å²) in [5.74, 6) is 0.788. The SMILES string of the molecule is Cc1cc(-c2cnc3[nH]cc(-c4ccc(C5CC5)cc4)c3c2)cc(C)c1N1CCN(C)CC1. The summed E-state index contributed by atoms with van der Waals surface area (Å²) in [6, 6.07) is 16.1. The molecule has 1 saturated carbocycles. The molecule has 1 aliphatic carbocycles. The van der Waals surface area contributed by atoms with Gasteiger partial charge in [0, 0.05) is 60.8 Å². The molecule has 168 valence electrons. The topological polar surface area (TPSA) is 35.2 Å². The molecule has 0 bridgehead atoms. The number of nitrogens with one attached hydrogen (secondary N) is 1. The number of piperazine rings is 1. The largest absolute Gasteiger partial charge is 0.369 e. The summed E-state index contributed by atoms with van der Waals surface area (Å²) in [5, 5.41) is 1.19. The monoisotopic (exact) mass is 436 g/mol. The molecule has 2 aliphatic rings. The molecule has 33 heavy (non-hydrogen) atoms. The van der Waals surface area contributed by atoms with Crippen LogP contribution in [0.15, 0.2) is 54.9 Å². The van der Waals surface area contributed by atoms with Gasteiger partial charge in [0.05, 0.1) is 0 Å². The molecule has 6 rings (SSSR count). The Morgan fingerprint density at radius 1 is 0.848 bits per heavy atom. The van der Waals surface area contributed by atoms with Crippen LogP contribution >= 0.6 is 0 Å². The van der Waals surface area contributed by atoms with Crippen molar-refractivity contribution >= 4 is 16.7 Å². The fourth-order valence-electron chi connectivity index (χ4n) is 5.40. The van der Waals surface area contributed by atoms with Crippen LogP contribution in [0.5, 0.6) is 0 Å². The van der Waals surface area contributed by atoms with Gasteiger partial charge in [0.25, 0.3) is 0 Å². The Balaban J connectivity index is 1.35. The van der Waals surface area contributed by atoms with Crippen molar-refractivity contribution in [2.45, 2.75) is 32.6 Å². The molecule has 3 heterocycles. The number of nitrogens with zero attached hydrogens (tertiary/aromatic N) is 3. The molecule has 0 radical (unpaired) electrons. The van der Waals surface area contributed by atoms with Crippen molar-refractivity contribution in [1.29, 1.82) is 0 Å². The lowest BCUT2D eigenvalue weighted by molar-refractivity contribution is 0.312. The number of hydrogen-bond acceptors (Lipinski definition) is 3. The standard InChI is InChI=1S/C29H32N4/c1-19-14-24(15-20(2)28(19)33-12-10-32(3)11-13-33)25-16-26-27(18-31-29(26)30-17-25)23-8-6-22(7-9-23)21-4-5-21/h6-9,14-18,21H,4-5,10-13H2,1-3H3,(H,30,31). The van der Waals surface area contributed by atoms with Gasteiger partial charge in [-0.05, 0) is 85.7 Å². The van der Waals surface area contributed by atoms with Crippen LogP contribution in [0.2, 0.25) is 0 Å². The van der Waals surface area contributed by atoms with E-state index in [4.69, 9.17) is 4.98 Å². The molecular formula is C29H32N4. The summed E-state index contributed by atoms with van der Waals surface area (Å²) < 4.78 is 0. The first-order chi connectivity index (χ1) is 16.1. The molecule has 0 spiro atoms. The van der Waals surface area contributed by atoms with E-state index in [0.717, 1.165) is 37.7 Å². The number of aromatic nitrogens is 2. The Morgan fingerprint density at radius 3 is 2.21 bits per heavy atom. The molecule has 1 saturated heterocycles. The third-order valence-electron chi connectivity index (χ3n) is 7.45. The molecule has 0 atom stereocenters. The zero-order chi connectivity index (χ0) is 22.5. The highest BCUT2D eigenvalue weighted by Gasteiger charge is 2.23. The van der Waals surface area contributed by atoms with E-state index in [1.54, 1.807) is 0 Å². The highest BCUT2D eigenvalue weighted by atomic mass is 15.2. The van der Waals surface area contributed by atoms with Gasteiger partial charge in [-0.15, -0.1) is 0 Å². The lowest BCUT2D eigenvalue weighted by Crippen LogP contribution is -2.45. The number of pyridine rings is 1. The van der Waals surface area contributed by atoms with Gasteiger partial charge in [-0.2, -0.15) is 0 Å². The van der Waals surface area contributed by atoms with E-state index in [-0.39, 0.29) is 0 Å². The first-order valence-electron chi connectivity index (χ1n) is 12.2. The molecule has 2 aromatic carbocycles. The molecule has 1 N–H and O–H groups in total. The quantitative estimate of drug-likeness (QED) is 0.417. The van der Waals surface area contributed by atoms with Crippen LogP contribution in [-0.2, 0) is 0 Å². The third-order valence-corrected chi connectivity index (χ3v) is 7.45. The number of H-pyrrole nitrogens is 1. The third kappa shape index (κ3) is 3.83. The molecular weight excluding hydrogens is 404 g/mol. The summed E-state index contributed by atoms with van der Waals surface area (Å²) in [6.45, 7) is 8.94. The molecule has 0 unspecified atom stereocenters. The van der Waals surface area contributed by atoms with E-state index in [1.165, 1.54) is 62.9 Å². The Labute approximate surface area is 196 Å². The Kier molecular flexibility index (Phi) is 4.99. The zero-order valence-corrected chi connectivity index (χ0v) is 19.9. The minimum absolute atomic E-state index is 0.788. The second-order valence-corrected chi connectivity index (χ2v) is 9.97. The maximum Gasteiger partial charge on any atom is 0.137 e. The van der Waals surface area contributed by atoms with E-state index in [0.29, 0.717) is 0 Å². The van der Waals surface area contributed by atoms with Crippen molar-refractivity contribution < 1.29 is 0 Å². The number of aryl methyl sites for hydroxylation is 2. The molecule has 2 aromatic heterocycles. The summed E-state index contributed by atoms with van der Waals surface area (Å²) in [7, 11) is 2.21. The normalized spacial score (nSPS) is 17.1. The molecule has 4 aromatic rings. The Bertz CT molecular complexity index is 1280. The maximum atomic E-state index is 4.77. The van der Waals surface area contributed by atoms with Gasteiger partial charge in [0.1, 0.15) is 5.65 Å². The van der Waals surface area contributed by atoms with Crippen molar-refractivity contribution in [1.82, 2.24) is 14.9 Å². The van der Waals surface area contributed by atoms with Gasteiger partial charge < -0.3 is 14.8 Å². The van der Waals surface area contributed by atoms with Gasteiger partial charge in [0.2, 0.25) is 0 Å². The first kappa shape index (κ1) is 20.5. The van der Waals surface area contributed by atoms with E-state index >= 15 is 0 Å². The Hall–Kier alpha value is -3.11. The second kappa shape index (κ2) is 8.03. The van der Waals surface area contributed by atoms with Crippen LogP contribution in [0.3, 0.4) is 0 Å². The zero-order valence-electron chi connectivity index (χ0n) is 19.9. The molecule has 4 heteroatoms. The fraction of sp³-hybridized carbons (Fsp3) is 0.345. The number of aromatic amines is 1. The minimum atomic E-state index is 0.788. The van der Waals surface area contributed by atoms with Gasteiger partial charge in [0.15, 0.2) is 0 Å². The smallest absolute Gasteiger partial charge is 0.137 e. The number of hydrogen-bond donors (Lipinski definition) is 1. The number of fused-ring (bicyclic) bond motifs is 1. The number of rotatable bonds is 4. The number of anilines is 1. The van der Waals surface area contributed by atoms with Crippen LogP contribution in [-0.4, -0.2) is 48.1 Å². The molecule has 1 aliphatic heterocycles. The van der Waals surface area contributed by atoms with Crippen molar-refractivity contribution in [2.24, 2.45) is 0 Å². The van der Waals surface area contributed by atoms with E-state index < -0.39 is 0 Å². The first-order valence-corrected chi connectivity index (χ1v) is 12.2. The van der Waals surface area contributed by atoms with E-state index in [9.17, 15) is 0 Å². The molecule has 2 fully saturated rings. The second-order valence-electron chi connectivity index (χ2n) is 9.97.